The Morgan fingerprint density at radius 3 is 1.45 bits per heavy atom. The first kappa shape index (κ1) is 28.4. The molecular formula is C26H46O6S. The largest absolute Gasteiger partial charge is 0.465 e. The summed E-state index contributed by atoms with van der Waals surface area (Å²) in [6, 6.07) is 0. The quantitative estimate of drug-likeness (QED) is 0.127. The number of unbranched alkanes of at least 4 members (excludes halogenated alkanes) is 4. The molecule has 0 radical (unpaired) electrons. The third-order valence-electron chi connectivity index (χ3n) is 5.95. The molecule has 0 aliphatic carbocycles. The van der Waals surface area contributed by atoms with Gasteiger partial charge in [-0.2, -0.15) is 0 Å². The molecule has 0 N–H and O–H groups in total. The molecule has 2 aliphatic heterocycles. The van der Waals surface area contributed by atoms with Crippen LogP contribution in [0.1, 0.15) is 91.9 Å². The van der Waals surface area contributed by atoms with Crippen molar-refractivity contribution in [1.29, 1.82) is 0 Å². The standard InChI is InChI=1S/C26H46O6S/c1-19(2)11-7-5-9-13-29-25(27)23(15-21-17-31-21)33-24(16-22-18-32-22)26(28)30-14-10-6-8-12-20(3)4/h19-24H,5-18H2,1-4H3. The molecule has 2 rings (SSSR count). The maximum atomic E-state index is 12.8. The lowest BCUT2D eigenvalue weighted by atomic mass is 10.1. The SMILES string of the molecule is CC(C)CCCCCOC(=O)C(CC1CO1)SC(CC1CO1)C(=O)OCCCCCC(C)C. The number of ether oxygens (including phenoxy) is 4. The number of hydrogen-bond acceptors (Lipinski definition) is 7. The molecule has 2 heterocycles. The number of thioether (sulfide) groups is 1. The zero-order valence-electron chi connectivity index (χ0n) is 21.2. The van der Waals surface area contributed by atoms with E-state index < -0.39 is 10.5 Å². The van der Waals surface area contributed by atoms with E-state index in [4.69, 9.17) is 18.9 Å². The maximum Gasteiger partial charge on any atom is 0.319 e. The van der Waals surface area contributed by atoms with Crippen LogP contribution in [0.25, 0.3) is 0 Å². The molecule has 0 aromatic heterocycles. The van der Waals surface area contributed by atoms with Crippen molar-refractivity contribution in [3.63, 3.8) is 0 Å². The second-order valence-corrected chi connectivity index (χ2v) is 11.7. The summed E-state index contributed by atoms with van der Waals surface area (Å²) in [5.74, 6) is 0.947. The van der Waals surface area contributed by atoms with Gasteiger partial charge >= 0.3 is 11.9 Å². The van der Waals surface area contributed by atoms with Gasteiger partial charge in [-0.15, -0.1) is 11.8 Å². The molecule has 0 saturated carbocycles. The van der Waals surface area contributed by atoms with Gasteiger partial charge in [0, 0.05) is 0 Å². The van der Waals surface area contributed by atoms with Gasteiger partial charge in [-0.3, -0.25) is 9.59 Å². The van der Waals surface area contributed by atoms with E-state index in [0.717, 1.165) is 38.5 Å². The summed E-state index contributed by atoms with van der Waals surface area (Å²) in [5.41, 5.74) is 0. The first-order valence-electron chi connectivity index (χ1n) is 13.1. The van der Waals surface area contributed by atoms with Crippen molar-refractivity contribution in [2.45, 2.75) is 115 Å². The van der Waals surface area contributed by atoms with E-state index in [-0.39, 0.29) is 24.1 Å². The fraction of sp³-hybridized carbons (Fsp3) is 0.923. The summed E-state index contributed by atoms with van der Waals surface area (Å²) in [6.45, 7) is 11.1. The number of carbonyl (C=O) groups excluding carboxylic acids is 2. The molecule has 0 aromatic rings. The number of epoxide rings is 2. The predicted molar refractivity (Wildman–Crippen MR) is 132 cm³/mol. The summed E-state index contributed by atoms with van der Waals surface area (Å²) in [7, 11) is 0. The fourth-order valence-corrected chi connectivity index (χ4v) is 5.10. The zero-order chi connectivity index (χ0) is 24.1. The molecule has 192 valence electrons. The normalized spacial score (nSPS) is 21.2. The minimum atomic E-state index is -0.407. The van der Waals surface area contributed by atoms with Gasteiger partial charge in [0.15, 0.2) is 0 Å². The smallest absolute Gasteiger partial charge is 0.319 e. The Labute approximate surface area is 205 Å². The van der Waals surface area contributed by atoms with Crippen LogP contribution < -0.4 is 0 Å². The Bertz CT molecular complexity index is 511. The van der Waals surface area contributed by atoms with Gasteiger partial charge in [0.05, 0.1) is 38.6 Å². The van der Waals surface area contributed by atoms with E-state index in [1.807, 2.05) is 0 Å². The molecule has 7 heteroatoms. The monoisotopic (exact) mass is 486 g/mol. The maximum absolute atomic E-state index is 12.8. The van der Waals surface area contributed by atoms with Crippen molar-refractivity contribution in [3.8, 4) is 0 Å². The van der Waals surface area contributed by atoms with Crippen LogP contribution >= 0.6 is 11.8 Å². The van der Waals surface area contributed by atoms with Gasteiger partial charge in [0.2, 0.25) is 0 Å². The zero-order valence-corrected chi connectivity index (χ0v) is 22.0. The first-order chi connectivity index (χ1) is 15.8. The van der Waals surface area contributed by atoms with E-state index in [2.05, 4.69) is 27.7 Å². The van der Waals surface area contributed by atoms with Gasteiger partial charge < -0.3 is 18.9 Å². The third kappa shape index (κ3) is 14.3. The summed E-state index contributed by atoms with van der Waals surface area (Å²) in [6.07, 6.45) is 10.00. The Balaban J connectivity index is 1.76. The molecule has 2 fully saturated rings. The topological polar surface area (TPSA) is 77.7 Å². The Morgan fingerprint density at radius 1 is 0.727 bits per heavy atom. The molecule has 2 saturated heterocycles. The molecule has 4 atom stereocenters. The van der Waals surface area contributed by atoms with Crippen LogP contribution in [-0.4, -0.2) is 61.1 Å². The van der Waals surface area contributed by atoms with Gasteiger partial charge in [0.25, 0.3) is 0 Å². The van der Waals surface area contributed by atoms with Crippen molar-refractivity contribution in [1.82, 2.24) is 0 Å². The van der Waals surface area contributed by atoms with E-state index in [9.17, 15) is 9.59 Å². The van der Waals surface area contributed by atoms with Crippen LogP contribution in [-0.2, 0) is 28.5 Å². The molecule has 33 heavy (non-hydrogen) atoms. The number of carbonyl (C=O) groups is 2. The first-order valence-corrected chi connectivity index (χ1v) is 14.0. The van der Waals surface area contributed by atoms with E-state index in [1.54, 1.807) is 0 Å². The average molecular weight is 487 g/mol. The molecule has 6 nitrogen and oxygen atoms in total. The van der Waals surface area contributed by atoms with Crippen LogP contribution in [0.2, 0.25) is 0 Å². The molecular weight excluding hydrogens is 440 g/mol. The van der Waals surface area contributed by atoms with Crippen LogP contribution in [0.3, 0.4) is 0 Å². The van der Waals surface area contributed by atoms with E-state index >= 15 is 0 Å². The lowest BCUT2D eigenvalue weighted by Crippen LogP contribution is -2.30. The fourth-order valence-electron chi connectivity index (χ4n) is 3.69. The number of hydrogen-bond donors (Lipinski definition) is 0. The van der Waals surface area contributed by atoms with Crippen LogP contribution in [0.4, 0.5) is 0 Å². The Kier molecular flexibility index (Phi) is 13.8. The van der Waals surface area contributed by atoms with Gasteiger partial charge in [-0.1, -0.05) is 66.2 Å². The highest BCUT2D eigenvalue weighted by Gasteiger charge is 2.38. The van der Waals surface area contributed by atoms with Crippen molar-refractivity contribution < 1.29 is 28.5 Å². The van der Waals surface area contributed by atoms with Crippen molar-refractivity contribution in [2.75, 3.05) is 26.4 Å². The van der Waals surface area contributed by atoms with Gasteiger partial charge in [0.1, 0.15) is 10.5 Å². The molecule has 0 spiro atoms. The molecule has 4 unspecified atom stereocenters. The summed E-state index contributed by atoms with van der Waals surface area (Å²) in [5, 5.41) is -0.814. The van der Waals surface area contributed by atoms with E-state index in [0.29, 0.717) is 51.1 Å². The van der Waals surface area contributed by atoms with Crippen molar-refractivity contribution in [3.05, 3.63) is 0 Å². The van der Waals surface area contributed by atoms with Gasteiger partial charge in [-0.25, -0.2) is 0 Å². The number of rotatable bonds is 20. The molecule has 0 aromatic carbocycles. The van der Waals surface area contributed by atoms with Crippen LogP contribution in [0.15, 0.2) is 0 Å². The van der Waals surface area contributed by atoms with Crippen LogP contribution in [0.5, 0.6) is 0 Å². The third-order valence-corrected chi connectivity index (χ3v) is 7.38. The van der Waals surface area contributed by atoms with E-state index in [1.165, 1.54) is 24.6 Å². The lowest BCUT2D eigenvalue weighted by Gasteiger charge is -2.21. The molecule has 2 aliphatic rings. The predicted octanol–water partition coefficient (Wildman–Crippen LogP) is 5.55. The molecule has 0 amide bonds. The second kappa shape index (κ2) is 16.0. The summed E-state index contributed by atoms with van der Waals surface area (Å²) in [4.78, 5) is 25.6. The van der Waals surface area contributed by atoms with Gasteiger partial charge in [-0.05, 0) is 37.5 Å². The Morgan fingerprint density at radius 2 is 1.12 bits per heavy atom. The highest BCUT2D eigenvalue weighted by atomic mass is 32.2. The average Bonchev–Trinajstić information content (AvgIpc) is 3.67. The second-order valence-electron chi connectivity index (χ2n) is 10.3. The Hall–Kier alpha value is -0.790. The highest BCUT2D eigenvalue weighted by Crippen LogP contribution is 2.33. The minimum absolute atomic E-state index is 0.0934. The van der Waals surface area contributed by atoms with Crippen molar-refractivity contribution >= 4 is 23.7 Å². The number of esters is 2. The van der Waals surface area contributed by atoms with Crippen LogP contribution in [0, 0.1) is 11.8 Å². The minimum Gasteiger partial charge on any atom is -0.465 e. The highest BCUT2D eigenvalue weighted by molar-refractivity contribution is 8.01. The summed E-state index contributed by atoms with van der Waals surface area (Å²) >= 11 is 1.38. The van der Waals surface area contributed by atoms with Crippen molar-refractivity contribution in [2.24, 2.45) is 11.8 Å². The summed E-state index contributed by atoms with van der Waals surface area (Å²) < 4.78 is 21.9. The lowest BCUT2D eigenvalue weighted by molar-refractivity contribution is -0.143. The molecule has 0 bridgehead atoms.